The number of hydrogen-bond donors (Lipinski definition) is 0. The highest BCUT2D eigenvalue weighted by Gasteiger charge is 2.30. The van der Waals surface area contributed by atoms with E-state index in [1.165, 1.54) is 12.1 Å². The zero-order chi connectivity index (χ0) is 15.6. The van der Waals surface area contributed by atoms with E-state index in [0.29, 0.717) is 19.0 Å². The molecule has 0 amide bonds. The predicted molar refractivity (Wildman–Crippen MR) is 72.6 cm³/mol. The van der Waals surface area contributed by atoms with E-state index in [1.54, 1.807) is 18.2 Å². The number of ether oxygens (including phenoxy) is 3. The zero-order valence-electron chi connectivity index (χ0n) is 11.5. The van der Waals surface area contributed by atoms with Crippen molar-refractivity contribution in [1.29, 1.82) is 0 Å². The van der Waals surface area contributed by atoms with Crippen molar-refractivity contribution in [1.82, 2.24) is 0 Å². The minimum Gasteiger partial charge on any atom is -0.457 e. The Balaban J connectivity index is 1.80. The van der Waals surface area contributed by atoms with Crippen LogP contribution in [0.2, 0.25) is 0 Å². The average molecular weight is 310 g/mol. The lowest BCUT2D eigenvalue weighted by atomic mass is 10.2. The van der Waals surface area contributed by atoms with Gasteiger partial charge in [0.15, 0.2) is 6.29 Å². The molecule has 2 aromatic rings. The highest BCUT2D eigenvalue weighted by atomic mass is 19.4. The lowest BCUT2D eigenvalue weighted by molar-refractivity contribution is -0.137. The topological polar surface area (TPSA) is 27.7 Å². The van der Waals surface area contributed by atoms with Crippen LogP contribution in [0, 0.1) is 0 Å². The summed E-state index contributed by atoms with van der Waals surface area (Å²) in [6.45, 7) is 1.03. The molecular formula is C16H13F3O3. The molecule has 22 heavy (non-hydrogen) atoms. The Bertz CT molecular complexity index is 649. The van der Waals surface area contributed by atoms with Gasteiger partial charge in [-0.25, -0.2) is 0 Å². The molecular weight excluding hydrogens is 297 g/mol. The van der Waals surface area contributed by atoms with Gasteiger partial charge in [0, 0.05) is 5.56 Å². The molecule has 1 aliphatic rings. The molecule has 0 bridgehead atoms. The van der Waals surface area contributed by atoms with Crippen LogP contribution in [0.15, 0.2) is 48.5 Å². The molecule has 116 valence electrons. The Hall–Kier alpha value is -2.05. The van der Waals surface area contributed by atoms with E-state index in [2.05, 4.69) is 0 Å². The van der Waals surface area contributed by atoms with Gasteiger partial charge in [-0.3, -0.25) is 0 Å². The molecule has 0 unspecified atom stereocenters. The Morgan fingerprint density at radius 3 is 2.23 bits per heavy atom. The first-order chi connectivity index (χ1) is 10.5. The maximum absolute atomic E-state index is 12.7. The second-order valence-corrected chi connectivity index (χ2v) is 4.77. The van der Waals surface area contributed by atoms with Crippen LogP contribution in [0.4, 0.5) is 13.2 Å². The fraction of sp³-hybridized carbons (Fsp3) is 0.250. The first-order valence-electron chi connectivity index (χ1n) is 6.71. The Kier molecular flexibility index (Phi) is 4.04. The van der Waals surface area contributed by atoms with E-state index in [0.717, 1.165) is 17.7 Å². The molecule has 0 atom stereocenters. The van der Waals surface area contributed by atoms with Crippen LogP contribution in [0.25, 0.3) is 0 Å². The number of benzene rings is 2. The third kappa shape index (κ3) is 3.40. The highest BCUT2D eigenvalue weighted by molar-refractivity contribution is 5.37. The number of alkyl halides is 3. The number of rotatable bonds is 3. The van der Waals surface area contributed by atoms with Crippen LogP contribution in [0.3, 0.4) is 0 Å². The third-order valence-electron chi connectivity index (χ3n) is 3.15. The molecule has 3 rings (SSSR count). The second kappa shape index (κ2) is 5.98. The first kappa shape index (κ1) is 14.9. The normalized spacial score (nSPS) is 16.0. The summed E-state index contributed by atoms with van der Waals surface area (Å²) in [4.78, 5) is 0. The molecule has 0 saturated carbocycles. The Morgan fingerprint density at radius 2 is 1.55 bits per heavy atom. The van der Waals surface area contributed by atoms with Crippen molar-refractivity contribution in [3.8, 4) is 11.5 Å². The van der Waals surface area contributed by atoms with Crippen LogP contribution in [-0.4, -0.2) is 13.2 Å². The van der Waals surface area contributed by atoms with E-state index in [1.807, 2.05) is 6.07 Å². The van der Waals surface area contributed by atoms with Gasteiger partial charge < -0.3 is 14.2 Å². The molecule has 3 nitrogen and oxygen atoms in total. The van der Waals surface area contributed by atoms with Crippen molar-refractivity contribution in [2.45, 2.75) is 12.5 Å². The van der Waals surface area contributed by atoms with Crippen LogP contribution in [0.5, 0.6) is 11.5 Å². The molecule has 1 saturated heterocycles. The Labute approximate surface area is 125 Å². The summed E-state index contributed by atoms with van der Waals surface area (Å²) < 4.78 is 54.3. The maximum Gasteiger partial charge on any atom is 0.416 e. The summed E-state index contributed by atoms with van der Waals surface area (Å²) in [5.41, 5.74) is 0.0191. The molecule has 2 aromatic carbocycles. The minimum absolute atomic E-state index is 0.125. The molecule has 0 aliphatic carbocycles. The zero-order valence-corrected chi connectivity index (χ0v) is 11.5. The molecule has 1 aliphatic heterocycles. The maximum atomic E-state index is 12.7. The standard InChI is InChI=1S/C16H13F3O3/c17-16(18,19)12-4-2-6-14(10-12)22-13-5-1-3-11(9-13)15-20-7-8-21-15/h1-6,9-10,15H,7-8H2. The number of hydrogen-bond acceptors (Lipinski definition) is 3. The lowest BCUT2D eigenvalue weighted by Gasteiger charge is -2.12. The smallest absolute Gasteiger partial charge is 0.416 e. The average Bonchev–Trinajstić information content (AvgIpc) is 3.01. The van der Waals surface area contributed by atoms with Crippen molar-refractivity contribution < 1.29 is 27.4 Å². The minimum atomic E-state index is -4.40. The highest BCUT2D eigenvalue weighted by Crippen LogP contribution is 2.33. The van der Waals surface area contributed by atoms with Crippen molar-refractivity contribution >= 4 is 0 Å². The molecule has 0 spiro atoms. The van der Waals surface area contributed by atoms with Gasteiger partial charge in [0.2, 0.25) is 0 Å². The summed E-state index contributed by atoms with van der Waals surface area (Å²) in [7, 11) is 0. The fourth-order valence-electron chi connectivity index (χ4n) is 2.15. The summed E-state index contributed by atoms with van der Waals surface area (Å²) in [5, 5.41) is 0. The molecule has 0 aromatic heterocycles. The van der Waals surface area contributed by atoms with Gasteiger partial charge in [0.1, 0.15) is 11.5 Å². The fourth-order valence-corrected chi connectivity index (χ4v) is 2.15. The molecule has 0 radical (unpaired) electrons. The molecule has 0 N–H and O–H groups in total. The monoisotopic (exact) mass is 310 g/mol. The number of halogens is 3. The first-order valence-corrected chi connectivity index (χ1v) is 6.71. The van der Waals surface area contributed by atoms with E-state index < -0.39 is 18.0 Å². The lowest BCUT2D eigenvalue weighted by Crippen LogP contribution is -2.04. The third-order valence-corrected chi connectivity index (χ3v) is 3.15. The molecule has 6 heteroatoms. The summed E-state index contributed by atoms with van der Waals surface area (Å²) >= 11 is 0. The van der Waals surface area contributed by atoms with Gasteiger partial charge in [-0.2, -0.15) is 13.2 Å². The summed E-state index contributed by atoms with van der Waals surface area (Å²) in [6.07, 6.45) is -4.85. The van der Waals surface area contributed by atoms with Gasteiger partial charge in [0.05, 0.1) is 18.8 Å². The van der Waals surface area contributed by atoms with E-state index >= 15 is 0 Å². The van der Waals surface area contributed by atoms with Crippen LogP contribution < -0.4 is 4.74 Å². The largest absolute Gasteiger partial charge is 0.457 e. The van der Waals surface area contributed by atoms with Crippen LogP contribution in [0.1, 0.15) is 17.4 Å². The van der Waals surface area contributed by atoms with E-state index in [-0.39, 0.29) is 5.75 Å². The summed E-state index contributed by atoms with van der Waals surface area (Å²) in [6, 6.07) is 11.7. The van der Waals surface area contributed by atoms with Crippen molar-refractivity contribution in [3.63, 3.8) is 0 Å². The second-order valence-electron chi connectivity index (χ2n) is 4.77. The van der Waals surface area contributed by atoms with Gasteiger partial charge >= 0.3 is 6.18 Å². The Morgan fingerprint density at radius 1 is 0.909 bits per heavy atom. The van der Waals surface area contributed by atoms with Gasteiger partial charge in [-0.05, 0) is 30.3 Å². The van der Waals surface area contributed by atoms with Gasteiger partial charge in [0.25, 0.3) is 0 Å². The molecule has 1 fully saturated rings. The van der Waals surface area contributed by atoms with Gasteiger partial charge in [-0.1, -0.05) is 18.2 Å². The summed E-state index contributed by atoms with van der Waals surface area (Å²) in [5.74, 6) is 0.552. The SMILES string of the molecule is FC(F)(F)c1cccc(Oc2cccc(C3OCCO3)c2)c1. The molecule has 1 heterocycles. The van der Waals surface area contributed by atoms with Crippen LogP contribution in [-0.2, 0) is 15.7 Å². The van der Waals surface area contributed by atoms with Crippen molar-refractivity contribution in [2.75, 3.05) is 13.2 Å². The predicted octanol–water partition coefficient (Wildman–Crippen LogP) is 4.54. The van der Waals surface area contributed by atoms with E-state index in [4.69, 9.17) is 14.2 Å². The quantitative estimate of drug-likeness (QED) is 0.833. The van der Waals surface area contributed by atoms with Crippen LogP contribution >= 0.6 is 0 Å². The van der Waals surface area contributed by atoms with Gasteiger partial charge in [-0.15, -0.1) is 0 Å². The van der Waals surface area contributed by atoms with E-state index in [9.17, 15) is 13.2 Å². The van der Waals surface area contributed by atoms with Crippen molar-refractivity contribution in [2.24, 2.45) is 0 Å². The van der Waals surface area contributed by atoms with Crippen molar-refractivity contribution in [3.05, 3.63) is 59.7 Å².